The van der Waals surface area contributed by atoms with Crippen LogP contribution in [0.3, 0.4) is 0 Å². The second-order valence-electron chi connectivity index (χ2n) is 4.84. The van der Waals surface area contributed by atoms with Crippen molar-refractivity contribution in [1.82, 2.24) is 0 Å². The highest BCUT2D eigenvalue weighted by molar-refractivity contribution is 6.32. The highest BCUT2D eigenvalue weighted by atomic mass is 35.5. The van der Waals surface area contributed by atoms with Crippen LogP contribution in [-0.4, -0.2) is 18.6 Å². The largest absolute Gasteiger partial charge is 0.481 e. The van der Waals surface area contributed by atoms with Crippen molar-refractivity contribution in [3.8, 4) is 11.5 Å². The maximum Gasteiger partial charge on any atom is 0.387 e. The molecule has 7 heteroatoms. The zero-order valence-corrected chi connectivity index (χ0v) is 13.6. The van der Waals surface area contributed by atoms with E-state index in [1.54, 1.807) is 12.1 Å². The van der Waals surface area contributed by atoms with Gasteiger partial charge in [0, 0.05) is 5.69 Å². The Labute approximate surface area is 143 Å². The molecule has 0 spiro atoms. The fourth-order valence-electron chi connectivity index (χ4n) is 1.98. The first-order chi connectivity index (χ1) is 11.5. The number of ether oxygens (including phenoxy) is 2. The Morgan fingerprint density at radius 2 is 1.88 bits per heavy atom. The molecular formula is C17H16ClF2NO3. The van der Waals surface area contributed by atoms with Gasteiger partial charge in [0.1, 0.15) is 11.5 Å². The standard InChI is InChI=1S/C17H16ClF2NO3/c1-2-14(23-12-6-4-3-5-7-12)16(22)21-11-8-9-15(13(18)10-11)24-17(19)20/h3-10,14,17H,2H2,1H3,(H,21,22)/t14-/m0/s1. The first kappa shape index (κ1) is 18.0. The van der Waals surface area contributed by atoms with Gasteiger partial charge in [-0.25, -0.2) is 0 Å². The minimum absolute atomic E-state index is 0.0230. The molecule has 0 aromatic heterocycles. The topological polar surface area (TPSA) is 47.6 Å². The zero-order valence-electron chi connectivity index (χ0n) is 12.8. The van der Waals surface area contributed by atoms with Crippen molar-refractivity contribution in [2.75, 3.05) is 5.32 Å². The summed E-state index contributed by atoms with van der Waals surface area (Å²) in [4.78, 5) is 12.3. The summed E-state index contributed by atoms with van der Waals surface area (Å²) in [7, 11) is 0. The predicted molar refractivity (Wildman–Crippen MR) is 87.9 cm³/mol. The summed E-state index contributed by atoms with van der Waals surface area (Å²) in [6.07, 6.45) is -0.232. The normalized spacial score (nSPS) is 11.9. The minimum atomic E-state index is -2.97. The molecule has 2 aromatic carbocycles. The van der Waals surface area contributed by atoms with E-state index >= 15 is 0 Å². The Morgan fingerprint density at radius 3 is 2.46 bits per heavy atom. The van der Waals surface area contributed by atoms with Crippen LogP contribution in [0, 0.1) is 0 Å². The minimum Gasteiger partial charge on any atom is -0.481 e. The maximum absolute atomic E-state index is 12.3. The summed E-state index contributed by atoms with van der Waals surface area (Å²) in [6.45, 7) is -1.15. The van der Waals surface area contributed by atoms with Crippen molar-refractivity contribution in [2.45, 2.75) is 26.1 Å². The Morgan fingerprint density at radius 1 is 1.17 bits per heavy atom. The second kappa shape index (κ2) is 8.49. The third kappa shape index (κ3) is 5.09. The summed E-state index contributed by atoms with van der Waals surface area (Å²) in [6, 6.07) is 13.0. The van der Waals surface area contributed by atoms with Gasteiger partial charge in [0.2, 0.25) is 0 Å². The number of halogens is 3. The number of rotatable bonds is 7. The molecule has 0 heterocycles. The van der Waals surface area contributed by atoms with Crippen molar-refractivity contribution in [3.63, 3.8) is 0 Å². The van der Waals surface area contributed by atoms with E-state index in [0.717, 1.165) is 0 Å². The lowest BCUT2D eigenvalue weighted by atomic mass is 10.2. The van der Waals surface area contributed by atoms with Gasteiger partial charge in [-0.05, 0) is 36.8 Å². The molecule has 0 saturated heterocycles. The smallest absolute Gasteiger partial charge is 0.387 e. The van der Waals surface area contributed by atoms with Crippen molar-refractivity contribution in [1.29, 1.82) is 0 Å². The lowest BCUT2D eigenvalue weighted by molar-refractivity contribution is -0.122. The summed E-state index contributed by atoms with van der Waals surface area (Å²) < 4.78 is 34.3. The first-order valence-electron chi connectivity index (χ1n) is 7.26. The highest BCUT2D eigenvalue weighted by Crippen LogP contribution is 2.29. The van der Waals surface area contributed by atoms with E-state index in [4.69, 9.17) is 16.3 Å². The van der Waals surface area contributed by atoms with Gasteiger partial charge in [-0.1, -0.05) is 36.7 Å². The van der Waals surface area contributed by atoms with E-state index in [0.29, 0.717) is 17.9 Å². The lowest BCUT2D eigenvalue weighted by Crippen LogP contribution is -2.32. The molecule has 2 aromatic rings. The average molecular weight is 356 g/mol. The Balaban J connectivity index is 2.03. The number of alkyl halides is 2. The molecule has 1 amide bonds. The van der Waals surface area contributed by atoms with Crippen LogP contribution in [0.2, 0.25) is 5.02 Å². The second-order valence-corrected chi connectivity index (χ2v) is 5.25. The van der Waals surface area contributed by atoms with Crippen LogP contribution in [0.4, 0.5) is 14.5 Å². The molecule has 0 radical (unpaired) electrons. The van der Waals surface area contributed by atoms with Gasteiger partial charge in [0.15, 0.2) is 6.10 Å². The molecule has 0 saturated carbocycles. The number of nitrogens with one attached hydrogen (secondary N) is 1. The van der Waals surface area contributed by atoms with E-state index in [1.165, 1.54) is 18.2 Å². The molecule has 24 heavy (non-hydrogen) atoms. The molecule has 0 aliphatic heterocycles. The molecule has 1 atom stereocenters. The third-order valence-electron chi connectivity index (χ3n) is 3.10. The van der Waals surface area contributed by atoms with Crippen LogP contribution in [0.15, 0.2) is 48.5 Å². The number of hydrogen-bond donors (Lipinski definition) is 1. The summed E-state index contributed by atoms with van der Waals surface area (Å²) in [5.41, 5.74) is 0.363. The van der Waals surface area contributed by atoms with E-state index in [-0.39, 0.29) is 16.7 Å². The predicted octanol–water partition coefficient (Wildman–Crippen LogP) is 4.74. The molecule has 128 valence electrons. The van der Waals surface area contributed by atoms with Crippen LogP contribution in [-0.2, 0) is 4.79 Å². The maximum atomic E-state index is 12.3. The highest BCUT2D eigenvalue weighted by Gasteiger charge is 2.19. The van der Waals surface area contributed by atoms with Gasteiger partial charge in [-0.2, -0.15) is 8.78 Å². The Hall–Kier alpha value is -2.34. The van der Waals surface area contributed by atoms with E-state index in [1.807, 2.05) is 25.1 Å². The number of carbonyl (C=O) groups is 1. The first-order valence-corrected chi connectivity index (χ1v) is 7.64. The van der Waals surface area contributed by atoms with Crippen LogP contribution in [0.25, 0.3) is 0 Å². The number of benzene rings is 2. The molecule has 1 N–H and O–H groups in total. The van der Waals surface area contributed by atoms with Crippen molar-refractivity contribution in [2.24, 2.45) is 0 Å². The number of hydrogen-bond acceptors (Lipinski definition) is 3. The SMILES string of the molecule is CC[C@H](Oc1ccccc1)C(=O)Nc1ccc(OC(F)F)c(Cl)c1. The van der Waals surface area contributed by atoms with E-state index in [9.17, 15) is 13.6 Å². The monoisotopic (exact) mass is 355 g/mol. The van der Waals surface area contributed by atoms with Crippen molar-refractivity contribution in [3.05, 3.63) is 53.6 Å². The van der Waals surface area contributed by atoms with Crippen LogP contribution in [0.5, 0.6) is 11.5 Å². The van der Waals surface area contributed by atoms with Gasteiger partial charge in [0.25, 0.3) is 5.91 Å². The summed E-state index contributed by atoms with van der Waals surface area (Å²) in [5, 5.41) is 2.62. The van der Waals surface area contributed by atoms with Gasteiger partial charge in [0.05, 0.1) is 5.02 Å². The molecule has 0 aliphatic rings. The van der Waals surface area contributed by atoms with Crippen LogP contribution >= 0.6 is 11.6 Å². The Kier molecular flexibility index (Phi) is 6.37. The van der Waals surface area contributed by atoms with Gasteiger partial charge < -0.3 is 14.8 Å². The van der Waals surface area contributed by atoms with Gasteiger partial charge in [-0.3, -0.25) is 4.79 Å². The van der Waals surface area contributed by atoms with Gasteiger partial charge >= 0.3 is 6.61 Å². The summed E-state index contributed by atoms with van der Waals surface area (Å²) >= 11 is 5.86. The fourth-order valence-corrected chi connectivity index (χ4v) is 2.20. The lowest BCUT2D eigenvalue weighted by Gasteiger charge is -2.17. The summed E-state index contributed by atoms with van der Waals surface area (Å²) in [5.74, 6) is 0.0652. The van der Waals surface area contributed by atoms with E-state index in [2.05, 4.69) is 10.1 Å². The molecule has 0 fully saturated rings. The number of anilines is 1. The molecule has 0 bridgehead atoms. The fraction of sp³-hybridized carbons (Fsp3) is 0.235. The number of amides is 1. The third-order valence-corrected chi connectivity index (χ3v) is 3.40. The quantitative estimate of drug-likeness (QED) is 0.780. The molecule has 4 nitrogen and oxygen atoms in total. The molecular weight excluding hydrogens is 340 g/mol. The van der Waals surface area contributed by atoms with Crippen LogP contribution in [0.1, 0.15) is 13.3 Å². The molecule has 0 aliphatic carbocycles. The zero-order chi connectivity index (χ0) is 17.5. The molecule has 0 unspecified atom stereocenters. The van der Waals surface area contributed by atoms with Crippen LogP contribution < -0.4 is 14.8 Å². The number of para-hydroxylation sites is 1. The molecule has 2 rings (SSSR count). The average Bonchev–Trinajstić information content (AvgIpc) is 2.55. The Bertz CT molecular complexity index is 683. The van der Waals surface area contributed by atoms with E-state index < -0.39 is 12.7 Å². The van der Waals surface area contributed by atoms with Crippen molar-refractivity contribution < 1.29 is 23.0 Å². The van der Waals surface area contributed by atoms with Crippen molar-refractivity contribution >= 4 is 23.2 Å². The number of carbonyl (C=O) groups excluding carboxylic acids is 1. The van der Waals surface area contributed by atoms with Gasteiger partial charge in [-0.15, -0.1) is 0 Å².